The number of aryl methyl sites for hydroxylation is 1. The molecule has 0 fully saturated rings. The van der Waals surface area contributed by atoms with Gasteiger partial charge in [0.1, 0.15) is 5.75 Å². The van der Waals surface area contributed by atoms with Gasteiger partial charge in [-0.2, -0.15) is 4.98 Å². The Balaban J connectivity index is 1.97. The summed E-state index contributed by atoms with van der Waals surface area (Å²) in [5.41, 5.74) is 2.65. The number of hydrogen-bond acceptors (Lipinski definition) is 4. The van der Waals surface area contributed by atoms with Crippen molar-refractivity contribution in [1.29, 1.82) is 0 Å². The Bertz CT molecular complexity index is 766. The molecule has 3 aromatic rings. The summed E-state index contributed by atoms with van der Waals surface area (Å²) >= 11 is 3.36. The molecular formula is C16H13BrN2O2. The van der Waals surface area contributed by atoms with Crippen molar-refractivity contribution >= 4 is 15.9 Å². The van der Waals surface area contributed by atoms with Crippen molar-refractivity contribution in [3.63, 3.8) is 0 Å². The first-order chi connectivity index (χ1) is 10.2. The maximum absolute atomic E-state index is 9.89. The van der Waals surface area contributed by atoms with Gasteiger partial charge in [0, 0.05) is 10.0 Å². The van der Waals surface area contributed by atoms with Gasteiger partial charge in [0.2, 0.25) is 5.82 Å². The van der Waals surface area contributed by atoms with E-state index in [0.29, 0.717) is 17.3 Å². The van der Waals surface area contributed by atoms with Crippen molar-refractivity contribution in [2.45, 2.75) is 13.3 Å². The second kappa shape index (κ2) is 5.69. The maximum atomic E-state index is 9.89. The Kier molecular flexibility index (Phi) is 3.75. The second-order valence-electron chi connectivity index (χ2n) is 4.64. The fraction of sp³-hybridized carbons (Fsp3) is 0.125. The van der Waals surface area contributed by atoms with Crippen molar-refractivity contribution in [3.8, 4) is 28.6 Å². The van der Waals surface area contributed by atoms with E-state index in [4.69, 9.17) is 4.52 Å². The number of benzene rings is 2. The van der Waals surface area contributed by atoms with Crippen molar-refractivity contribution < 1.29 is 9.63 Å². The average Bonchev–Trinajstić information content (AvgIpc) is 2.99. The zero-order valence-corrected chi connectivity index (χ0v) is 13.0. The average molecular weight is 345 g/mol. The molecule has 0 radical (unpaired) electrons. The minimum atomic E-state index is 0.106. The largest absolute Gasteiger partial charge is 0.507 e. The summed E-state index contributed by atoms with van der Waals surface area (Å²) in [6.07, 6.45) is 0.990. The highest BCUT2D eigenvalue weighted by Crippen LogP contribution is 2.31. The number of hydrogen-bond donors (Lipinski definition) is 1. The molecule has 3 rings (SSSR count). The number of halogens is 1. The smallest absolute Gasteiger partial charge is 0.262 e. The van der Waals surface area contributed by atoms with E-state index >= 15 is 0 Å². The van der Waals surface area contributed by atoms with Gasteiger partial charge in [-0.05, 0) is 30.2 Å². The van der Waals surface area contributed by atoms with Gasteiger partial charge < -0.3 is 9.63 Å². The minimum Gasteiger partial charge on any atom is -0.507 e. The SMILES string of the molecule is CCc1ccc(-c2noc(-c3cc(Br)ccc3O)n2)cc1. The lowest BCUT2D eigenvalue weighted by atomic mass is 10.1. The first-order valence-electron chi connectivity index (χ1n) is 6.59. The minimum absolute atomic E-state index is 0.106. The molecule has 0 bridgehead atoms. The highest BCUT2D eigenvalue weighted by molar-refractivity contribution is 9.10. The third kappa shape index (κ3) is 2.83. The topological polar surface area (TPSA) is 59.2 Å². The second-order valence-corrected chi connectivity index (χ2v) is 5.55. The molecule has 0 atom stereocenters. The van der Waals surface area contributed by atoms with E-state index in [-0.39, 0.29) is 5.75 Å². The molecule has 0 saturated heterocycles. The lowest BCUT2D eigenvalue weighted by Gasteiger charge is -1.99. The normalized spacial score (nSPS) is 10.8. The van der Waals surface area contributed by atoms with Crippen LogP contribution in [0.15, 0.2) is 51.5 Å². The van der Waals surface area contributed by atoms with Crippen molar-refractivity contribution in [3.05, 3.63) is 52.5 Å². The van der Waals surface area contributed by atoms with Crippen LogP contribution in [0.3, 0.4) is 0 Å². The predicted octanol–water partition coefficient (Wildman–Crippen LogP) is 4.43. The van der Waals surface area contributed by atoms with E-state index in [2.05, 4.69) is 33.0 Å². The van der Waals surface area contributed by atoms with Gasteiger partial charge in [0.05, 0.1) is 5.56 Å². The fourth-order valence-corrected chi connectivity index (χ4v) is 2.38. The fourth-order valence-electron chi connectivity index (χ4n) is 2.02. The quantitative estimate of drug-likeness (QED) is 0.763. The predicted molar refractivity (Wildman–Crippen MR) is 83.9 cm³/mol. The Hall–Kier alpha value is -2.14. The number of phenols is 1. The molecule has 1 heterocycles. The maximum Gasteiger partial charge on any atom is 0.262 e. The standard InChI is InChI=1S/C16H13BrN2O2/c1-2-10-3-5-11(6-4-10)15-18-16(21-19-15)13-9-12(17)7-8-14(13)20/h3-9,20H,2H2,1H3. The lowest BCUT2D eigenvalue weighted by Crippen LogP contribution is -1.84. The molecule has 1 N–H and O–H groups in total. The van der Waals surface area contributed by atoms with E-state index in [9.17, 15) is 5.11 Å². The van der Waals surface area contributed by atoms with E-state index in [1.165, 1.54) is 5.56 Å². The summed E-state index contributed by atoms with van der Waals surface area (Å²) in [6.45, 7) is 2.11. The Labute approximate surface area is 130 Å². The van der Waals surface area contributed by atoms with E-state index in [1.807, 2.05) is 24.3 Å². The summed E-state index contributed by atoms with van der Waals surface area (Å²) < 4.78 is 6.09. The van der Waals surface area contributed by atoms with E-state index in [0.717, 1.165) is 16.5 Å². The molecule has 5 heteroatoms. The van der Waals surface area contributed by atoms with Crippen molar-refractivity contribution in [2.24, 2.45) is 0 Å². The van der Waals surface area contributed by atoms with Crippen molar-refractivity contribution in [2.75, 3.05) is 0 Å². The number of aromatic hydroxyl groups is 1. The van der Waals surface area contributed by atoms with Crippen LogP contribution in [0.2, 0.25) is 0 Å². The van der Waals surface area contributed by atoms with Gasteiger partial charge in [0.25, 0.3) is 5.89 Å². The van der Waals surface area contributed by atoms with Crippen LogP contribution in [0.5, 0.6) is 5.75 Å². The van der Waals surface area contributed by atoms with E-state index < -0.39 is 0 Å². The molecule has 0 aliphatic heterocycles. The zero-order valence-electron chi connectivity index (χ0n) is 11.4. The number of phenolic OH excluding ortho intramolecular Hbond substituents is 1. The summed E-state index contributed by atoms with van der Waals surface area (Å²) in [5, 5.41) is 13.9. The third-order valence-corrected chi connectivity index (χ3v) is 3.73. The molecule has 0 saturated carbocycles. The molecule has 0 unspecified atom stereocenters. The number of aromatic nitrogens is 2. The lowest BCUT2D eigenvalue weighted by molar-refractivity contribution is 0.425. The van der Waals surface area contributed by atoms with Gasteiger partial charge in [-0.3, -0.25) is 0 Å². The molecule has 0 aliphatic carbocycles. The Morgan fingerprint density at radius 3 is 2.62 bits per heavy atom. The molecule has 0 amide bonds. The number of rotatable bonds is 3. The van der Waals surface area contributed by atoms with Gasteiger partial charge in [-0.15, -0.1) is 0 Å². The van der Waals surface area contributed by atoms with E-state index in [1.54, 1.807) is 18.2 Å². The first-order valence-corrected chi connectivity index (χ1v) is 7.38. The molecule has 0 aliphatic rings. The monoisotopic (exact) mass is 344 g/mol. The van der Waals surface area contributed by atoms with Crippen LogP contribution in [0, 0.1) is 0 Å². The highest BCUT2D eigenvalue weighted by Gasteiger charge is 2.14. The van der Waals surface area contributed by atoms with Crippen LogP contribution in [0.25, 0.3) is 22.8 Å². The van der Waals surface area contributed by atoms with Gasteiger partial charge in [-0.1, -0.05) is 52.3 Å². The summed E-state index contributed by atoms with van der Waals surface area (Å²) in [6, 6.07) is 13.1. The zero-order chi connectivity index (χ0) is 14.8. The number of nitrogens with zero attached hydrogens (tertiary/aromatic N) is 2. The third-order valence-electron chi connectivity index (χ3n) is 3.24. The molecule has 2 aromatic carbocycles. The van der Waals surface area contributed by atoms with Crippen LogP contribution in [0.4, 0.5) is 0 Å². The Morgan fingerprint density at radius 1 is 1.14 bits per heavy atom. The van der Waals surface area contributed by atoms with Crippen LogP contribution in [-0.2, 0) is 6.42 Å². The van der Waals surface area contributed by atoms with Gasteiger partial charge >= 0.3 is 0 Å². The molecular weight excluding hydrogens is 332 g/mol. The Morgan fingerprint density at radius 2 is 1.90 bits per heavy atom. The molecule has 4 nitrogen and oxygen atoms in total. The van der Waals surface area contributed by atoms with Gasteiger partial charge in [0.15, 0.2) is 0 Å². The molecule has 21 heavy (non-hydrogen) atoms. The molecule has 106 valence electrons. The van der Waals surface area contributed by atoms with Crippen LogP contribution < -0.4 is 0 Å². The molecule has 1 aromatic heterocycles. The van der Waals surface area contributed by atoms with Crippen LogP contribution >= 0.6 is 15.9 Å². The van der Waals surface area contributed by atoms with Crippen LogP contribution in [-0.4, -0.2) is 15.2 Å². The molecule has 0 spiro atoms. The highest BCUT2D eigenvalue weighted by atomic mass is 79.9. The first kappa shape index (κ1) is 13.8. The summed E-state index contributed by atoms with van der Waals surface area (Å²) in [5.74, 6) is 0.908. The van der Waals surface area contributed by atoms with Gasteiger partial charge in [-0.25, -0.2) is 0 Å². The summed E-state index contributed by atoms with van der Waals surface area (Å²) in [4.78, 5) is 4.35. The van der Waals surface area contributed by atoms with Crippen LogP contribution in [0.1, 0.15) is 12.5 Å². The van der Waals surface area contributed by atoms with Crippen molar-refractivity contribution in [1.82, 2.24) is 10.1 Å². The summed E-state index contributed by atoms with van der Waals surface area (Å²) in [7, 11) is 0.